The van der Waals surface area contributed by atoms with Crippen molar-refractivity contribution in [2.24, 2.45) is 0 Å². The van der Waals surface area contributed by atoms with Gasteiger partial charge in [0.2, 0.25) is 0 Å². The predicted molar refractivity (Wildman–Crippen MR) is 50.2 cm³/mol. The summed E-state index contributed by atoms with van der Waals surface area (Å²) in [6.45, 7) is 0. The minimum atomic E-state index is -1.33. The van der Waals surface area contributed by atoms with Crippen LogP contribution in [0.4, 0.5) is 13.2 Å². The van der Waals surface area contributed by atoms with Gasteiger partial charge in [-0.1, -0.05) is 0 Å². The second-order valence-electron chi connectivity index (χ2n) is 3.02. The number of nitrogens with one attached hydrogen (secondary N) is 1. The number of rotatable bonds is 1. The van der Waals surface area contributed by atoms with Crippen molar-refractivity contribution in [3.8, 4) is 11.3 Å². The maximum atomic E-state index is 13.3. The van der Waals surface area contributed by atoms with Gasteiger partial charge in [0.1, 0.15) is 5.82 Å². The third-order valence-electron chi connectivity index (χ3n) is 1.98. The molecule has 16 heavy (non-hydrogen) atoms. The molecule has 0 amide bonds. The first-order valence-corrected chi connectivity index (χ1v) is 4.29. The molecule has 0 aliphatic heterocycles. The van der Waals surface area contributed by atoms with E-state index in [9.17, 15) is 18.0 Å². The molecule has 3 nitrogen and oxygen atoms in total. The molecule has 0 aliphatic carbocycles. The van der Waals surface area contributed by atoms with E-state index in [4.69, 9.17) is 0 Å². The number of hydrogen-bond acceptors (Lipinski definition) is 2. The van der Waals surface area contributed by atoms with Crippen LogP contribution in [0.2, 0.25) is 0 Å². The smallest absolute Gasteiger partial charge is 0.264 e. The first-order valence-electron chi connectivity index (χ1n) is 4.29. The molecule has 6 heteroatoms. The van der Waals surface area contributed by atoms with Crippen LogP contribution in [-0.2, 0) is 0 Å². The molecule has 1 aromatic heterocycles. The molecule has 0 saturated heterocycles. The van der Waals surface area contributed by atoms with Crippen LogP contribution in [0.3, 0.4) is 0 Å². The molecule has 1 aromatic carbocycles. The molecule has 0 aliphatic rings. The van der Waals surface area contributed by atoms with E-state index < -0.39 is 28.6 Å². The molecule has 0 fully saturated rings. The van der Waals surface area contributed by atoms with E-state index in [0.717, 1.165) is 18.2 Å². The van der Waals surface area contributed by atoms with Crippen LogP contribution < -0.4 is 5.56 Å². The number of H-pyrrole nitrogens is 1. The highest BCUT2D eigenvalue weighted by Gasteiger charge is 2.16. The fourth-order valence-corrected chi connectivity index (χ4v) is 1.25. The fraction of sp³-hybridized carbons (Fsp3) is 0. The first kappa shape index (κ1) is 10.4. The van der Waals surface area contributed by atoms with Gasteiger partial charge in [0, 0.05) is 6.07 Å². The van der Waals surface area contributed by atoms with Crippen LogP contribution in [0.15, 0.2) is 29.1 Å². The largest absolute Gasteiger partial charge is 0.268 e. The van der Waals surface area contributed by atoms with E-state index in [1.54, 1.807) is 0 Å². The summed E-state index contributed by atoms with van der Waals surface area (Å²) in [7, 11) is 0. The quantitative estimate of drug-likeness (QED) is 0.754. The topological polar surface area (TPSA) is 45.8 Å². The van der Waals surface area contributed by atoms with Crippen molar-refractivity contribution in [1.82, 2.24) is 10.2 Å². The summed E-state index contributed by atoms with van der Waals surface area (Å²) in [5.41, 5.74) is -1.29. The highest BCUT2D eigenvalue weighted by atomic mass is 19.2. The summed E-state index contributed by atoms with van der Waals surface area (Å²) in [5, 5.41) is 5.44. The van der Waals surface area contributed by atoms with Gasteiger partial charge >= 0.3 is 0 Å². The lowest BCUT2D eigenvalue weighted by Gasteiger charge is -2.03. The summed E-state index contributed by atoms with van der Waals surface area (Å²) in [6.07, 6.45) is 0. The van der Waals surface area contributed by atoms with Gasteiger partial charge in [-0.15, -0.1) is 0 Å². The maximum absolute atomic E-state index is 13.3. The SMILES string of the molecule is O=c1ccc(-c2c(F)ccc(F)c2F)n[nH]1. The van der Waals surface area contributed by atoms with Crippen LogP contribution in [0.25, 0.3) is 11.3 Å². The Morgan fingerprint density at radius 1 is 1.00 bits per heavy atom. The van der Waals surface area contributed by atoms with Crippen LogP contribution in [0.1, 0.15) is 0 Å². The molecule has 1 N–H and O–H groups in total. The Bertz CT molecular complexity index is 575. The van der Waals surface area contributed by atoms with E-state index in [1.165, 1.54) is 0 Å². The Kier molecular flexibility index (Phi) is 2.47. The zero-order chi connectivity index (χ0) is 11.7. The third-order valence-corrected chi connectivity index (χ3v) is 1.98. The number of aromatic nitrogens is 2. The minimum absolute atomic E-state index is 0.172. The molecular weight excluding hydrogens is 221 g/mol. The minimum Gasteiger partial charge on any atom is -0.268 e. The predicted octanol–water partition coefficient (Wildman–Crippen LogP) is 1.85. The van der Waals surface area contributed by atoms with Gasteiger partial charge in [0.15, 0.2) is 11.6 Å². The van der Waals surface area contributed by atoms with Crippen molar-refractivity contribution in [2.45, 2.75) is 0 Å². The monoisotopic (exact) mass is 226 g/mol. The van der Waals surface area contributed by atoms with Gasteiger partial charge in [0.25, 0.3) is 5.56 Å². The van der Waals surface area contributed by atoms with Gasteiger partial charge in [-0.2, -0.15) is 5.10 Å². The highest BCUT2D eigenvalue weighted by molar-refractivity contribution is 5.60. The van der Waals surface area contributed by atoms with E-state index in [1.807, 2.05) is 5.10 Å². The molecule has 0 saturated carbocycles. The van der Waals surface area contributed by atoms with Crippen molar-refractivity contribution in [2.75, 3.05) is 0 Å². The summed E-state index contributed by atoms with van der Waals surface area (Å²) in [5.74, 6) is -3.46. The second-order valence-corrected chi connectivity index (χ2v) is 3.02. The molecule has 0 atom stereocenters. The van der Waals surface area contributed by atoms with Gasteiger partial charge < -0.3 is 0 Å². The van der Waals surface area contributed by atoms with Crippen molar-refractivity contribution in [3.63, 3.8) is 0 Å². The standard InChI is InChI=1S/C10H5F3N2O/c11-5-1-2-6(12)10(13)9(5)7-3-4-8(16)15-14-7/h1-4H,(H,15,16). The number of aromatic amines is 1. The summed E-state index contributed by atoms with van der Waals surface area (Å²) in [6, 6.07) is 3.63. The van der Waals surface area contributed by atoms with Gasteiger partial charge in [-0.25, -0.2) is 18.3 Å². The number of benzene rings is 1. The lowest BCUT2D eigenvalue weighted by molar-refractivity contribution is 0.498. The van der Waals surface area contributed by atoms with Gasteiger partial charge in [-0.05, 0) is 18.2 Å². The second kappa shape index (κ2) is 3.80. The Morgan fingerprint density at radius 2 is 1.69 bits per heavy atom. The zero-order valence-electron chi connectivity index (χ0n) is 7.80. The van der Waals surface area contributed by atoms with E-state index >= 15 is 0 Å². The molecule has 0 unspecified atom stereocenters. The van der Waals surface area contributed by atoms with Crippen LogP contribution in [0.5, 0.6) is 0 Å². The lowest BCUT2D eigenvalue weighted by atomic mass is 10.1. The van der Waals surface area contributed by atoms with E-state index in [0.29, 0.717) is 6.07 Å². The van der Waals surface area contributed by atoms with Gasteiger partial charge in [0.05, 0.1) is 11.3 Å². The zero-order valence-corrected chi connectivity index (χ0v) is 7.80. The number of nitrogens with zero attached hydrogens (tertiary/aromatic N) is 1. The average molecular weight is 226 g/mol. The van der Waals surface area contributed by atoms with Crippen molar-refractivity contribution >= 4 is 0 Å². The molecule has 0 radical (unpaired) electrons. The van der Waals surface area contributed by atoms with E-state index in [2.05, 4.69) is 5.10 Å². The fourth-order valence-electron chi connectivity index (χ4n) is 1.25. The lowest BCUT2D eigenvalue weighted by Crippen LogP contribution is -2.07. The summed E-state index contributed by atoms with van der Waals surface area (Å²) in [4.78, 5) is 10.7. The Labute approximate surface area is 87.6 Å². The summed E-state index contributed by atoms with van der Waals surface area (Å²) >= 11 is 0. The average Bonchev–Trinajstić information content (AvgIpc) is 2.27. The molecule has 0 spiro atoms. The normalized spacial score (nSPS) is 10.4. The number of halogens is 3. The Morgan fingerprint density at radius 3 is 2.31 bits per heavy atom. The molecular formula is C10H5F3N2O. The van der Waals surface area contributed by atoms with Gasteiger partial charge in [-0.3, -0.25) is 4.79 Å². The van der Waals surface area contributed by atoms with Crippen LogP contribution in [-0.4, -0.2) is 10.2 Å². The Hall–Kier alpha value is -2.11. The Balaban J connectivity index is 2.68. The van der Waals surface area contributed by atoms with Crippen molar-refractivity contribution < 1.29 is 13.2 Å². The maximum Gasteiger partial charge on any atom is 0.264 e. The first-order chi connectivity index (χ1) is 7.59. The van der Waals surface area contributed by atoms with Crippen molar-refractivity contribution in [3.05, 3.63) is 52.1 Å². The summed E-state index contributed by atoms with van der Waals surface area (Å²) < 4.78 is 39.5. The molecule has 0 bridgehead atoms. The van der Waals surface area contributed by atoms with Crippen LogP contribution >= 0.6 is 0 Å². The molecule has 1 heterocycles. The molecule has 82 valence electrons. The van der Waals surface area contributed by atoms with Crippen molar-refractivity contribution in [1.29, 1.82) is 0 Å². The molecule has 2 rings (SSSR count). The third kappa shape index (κ3) is 1.69. The highest BCUT2D eigenvalue weighted by Crippen LogP contribution is 2.24. The van der Waals surface area contributed by atoms with E-state index in [-0.39, 0.29) is 5.69 Å². The number of hydrogen-bond donors (Lipinski definition) is 1. The van der Waals surface area contributed by atoms with Crippen LogP contribution in [0, 0.1) is 17.5 Å². The molecule has 2 aromatic rings.